The molecule has 0 aliphatic carbocycles. The van der Waals surface area contributed by atoms with E-state index in [1.54, 1.807) is 17.5 Å². The van der Waals surface area contributed by atoms with Crippen LogP contribution in [-0.4, -0.2) is 73.6 Å². The molecule has 2 N–H and O–H groups in total. The smallest absolute Gasteiger partial charge is 0.302 e. The number of rotatable bonds is 7. The minimum atomic E-state index is -0.589. The predicted molar refractivity (Wildman–Crippen MR) is 81.0 cm³/mol. The Morgan fingerprint density at radius 2 is 1.96 bits per heavy atom. The van der Waals surface area contributed by atoms with Crippen LogP contribution in [0.25, 0.3) is 0 Å². The molecule has 0 fully saturated rings. The van der Waals surface area contributed by atoms with Crippen LogP contribution in [0, 0.1) is 0 Å². The number of aliphatic imine (C=N–C) groups is 3. The van der Waals surface area contributed by atoms with E-state index < -0.39 is 18.0 Å². The van der Waals surface area contributed by atoms with Crippen molar-refractivity contribution in [1.29, 1.82) is 0 Å². The second kappa shape index (κ2) is 7.68. The number of hydrogen-bond donors (Lipinski definition) is 1. The van der Waals surface area contributed by atoms with Crippen molar-refractivity contribution in [3.63, 3.8) is 0 Å². The summed E-state index contributed by atoms with van der Waals surface area (Å²) in [5.74, 6) is -0.701. The summed E-state index contributed by atoms with van der Waals surface area (Å²) in [6, 6.07) is -0.203. The van der Waals surface area contributed by atoms with E-state index in [0.29, 0.717) is 0 Å². The maximum atomic E-state index is 10.9. The fraction of sp³-hybridized carbons (Fsp3) is 0.615. The summed E-state index contributed by atoms with van der Waals surface area (Å²) < 4.78 is 15.4. The third-order valence-corrected chi connectivity index (χ3v) is 3.06. The second-order valence-corrected chi connectivity index (χ2v) is 4.97. The zero-order valence-corrected chi connectivity index (χ0v) is 12.9. The van der Waals surface area contributed by atoms with Gasteiger partial charge in [-0.05, 0) is 0 Å². The third kappa shape index (κ3) is 5.02. The molecule has 2 heterocycles. The van der Waals surface area contributed by atoms with Crippen LogP contribution in [0.5, 0.6) is 0 Å². The molecule has 2 aliphatic heterocycles. The van der Waals surface area contributed by atoms with Crippen LogP contribution in [0.15, 0.2) is 15.0 Å². The number of nitrogens with zero attached hydrogens (tertiary/aromatic N) is 4. The van der Waals surface area contributed by atoms with Crippen LogP contribution in [0.2, 0.25) is 0 Å². The molecule has 2 atom stereocenters. The molecule has 0 spiro atoms. The van der Waals surface area contributed by atoms with Crippen LogP contribution in [0.3, 0.4) is 0 Å². The van der Waals surface area contributed by atoms with E-state index in [2.05, 4.69) is 15.0 Å². The van der Waals surface area contributed by atoms with E-state index >= 15 is 0 Å². The number of carbonyl (C=O) groups excluding carboxylic acids is 2. The van der Waals surface area contributed by atoms with Gasteiger partial charge in [-0.15, -0.1) is 0 Å². The first kappa shape index (κ1) is 16.9. The standard InChI is InChI=1S/C13H19N5O5/c1-8(19)21-4-10(5-22-9(2)20)23-7-18-6-16-11-3-15-13(14)17-12(11)18/h3,6,10-12H,4-5,7H2,1-2H3,(H2,14,17). The molecular weight excluding hydrogens is 306 g/mol. The highest BCUT2D eigenvalue weighted by Crippen LogP contribution is 2.17. The van der Waals surface area contributed by atoms with Gasteiger partial charge in [0.05, 0.1) is 6.34 Å². The van der Waals surface area contributed by atoms with Gasteiger partial charge in [0.15, 0.2) is 6.17 Å². The Labute approximate surface area is 133 Å². The fourth-order valence-electron chi connectivity index (χ4n) is 1.96. The maximum absolute atomic E-state index is 10.9. The first-order valence-corrected chi connectivity index (χ1v) is 7.00. The molecule has 23 heavy (non-hydrogen) atoms. The van der Waals surface area contributed by atoms with E-state index in [9.17, 15) is 9.59 Å². The summed E-state index contributed by atoms with van der Waals surface area (Å²) in [5, 5.41) is 0. The van der Waals surface area contributed by atoms with Gasteiger partial charge in [0.25, 0.3) is 0 Å². The van der Waals surface area contributed by atoms with Gasteiger partial charge in [-0.1, -0.05) is 0 Å². The van der Waals surface area contributed by atoms with Gasteiger partial charge in [0.1, 0.15) is 32.1 Å². The Bertz CT molecular complexity index is 529. The highest BCUT2D eigenvalue weighted by atomic mass is 16.6. The van der Waals surface area contributed by atoms with Gasteiger partial charge in [-0.2, -0.15) is 0 Å². The number of hydrogen-bond acceptors (Lipinski definition) is 10. The lowest BCUT2D eigenvalue weighted by Crippen LogP contribution is -2.42. The average molecular weight is 325 g/mol. The molecule has 2 unspecified atom stereocenters. The third-order valence-electron chi connectivity index (χ3n) is 3.06. The van der Waals surface area contributed by atoms with E-state index in [0.717, 1.165) is 0 Å². The first-order chi connectivity index (χ1) is 11.0. The number of guanidine groups is 1. The largest absolute Gasteiger partial charge is 0.463 e. The quantitative estimate of drug-likeness (QED) is 0.588. The molecule has 0 saturated heterocycles. The van der Waals surface area contributed by atoms with Crippen molar-refractivity contribution in [1.82, 2.24) is 4.90 Å². The normalized spacial score (nSPS) is 22.0. The van der Waals surface area contributed by atoms with Gasteiger partial charge < -0.3 is 24.8 Å². The number of fused-ring (bicyclic) bond motifs is 1. The summed E-state index contributed by atoms with van der Waals surface area (Å²) in [4.78, 5) is 35.9. The van der Waals surface area contributed by atoms with Gasteiger partial charge in [-0.25, -0.2) is 9.98 Å². The predicted octanol–water partition coefficient (Wildman–Crippen LogP) is -1.11. The van der Waals surface area contributed by atoms with Crippen LogP contribution >= 0.6 is 0 Å². The van der Waals surface area contributed by atoms with Crippen molar-refractivity contribution in [3.8, 4) is 0 Å². The molecule has 0 saturated carbocycles. The molecule has 10 heteroatoms. The molecule has 2 rings (SSSR count). The lowest BCUT2D eigenvalue weighted by Gasteiger charge is -2.26. The summed E-state index contributed by atoms with van der Waals surface area (Å²) in [5.41, 5.74) is 5.58. The highest BCUT2D eigenvalue weighted by molar-refractivity contribution is 5.92. The highest BCUT2D eigenvalue weighted by Gasteiger charge is 2.32. The second-order valence-electron chi connectivity index (χ2n) is 4.97. The van der Waals surface area contributed by atoms with E-state index in [4.69, 9.17) is 19.9 Å². The minimum absolute atomic E-state index is 0.0193. The minimum Gasteiger partial charge on any atom is -0.463 e. The zero-order valence-electron chi connectivity index (χ0n) is 12.9. The Morgan fingerprint density at radius 1 is 1.30 bits per heavy atom. The topological polar surface area (TPSA) is 128 Å². The monoisotopic (exact) mass is 325 g/mol. The fourth-order valence-corrected chi connectivity index (χ4v) is 1.96. The Balaban J connectivity index is 1.87. The van der Waals surface area contributed by atoms with Gasteiger partial charge in [-0.3, -0.25) is 14.6 Å². The SMILES string of the molecule is CC(=O)OCC(COC(C)=O)OCN1C=NC2C=NC(N)=NC21. The zero-order chi connectivity index (χ0) is 16.8. The molecule has 2 aliphatic rings. The van der Waals surface area contributed by atoms with E-state index in [1.807, 2.05) is 0 Å². The molecule has 0 radical (unpaired) electrons. The van der Waals surface area contributed by atoms with Crippen molar-refractivity contribution in [3.05, 3.63) is 0 Å². The summed E-state index contributed by atoms with van der Waals surface area (Å²) in [7, 11) is 0. The summed E-state index contributed by atoms with van der Waals surface area (Å²) in [6.45, 7) is 2.67. The number of carbonyl (C=O) groups is 2. The molecule has 0 aromatic heterocycles. The van der Waals surface area contributed by atoms with Crippen LogP contribution < -0.4 is 5.73 Å². The molecule has 0 aromatic rings. The van der Waals surface area contributed by atoms with Gasteiger partial charge in [0, 0.05) is 20.1 Å². The Morgan fingerprint density at radius 3 is 2.57 bits per heavy atom. The van der Waals surface area contributed by atoms with Crippen molar-refractivity contribution in [2.45, 2.75) is 32.2 Å². The van der Waals surface area contributed by atoms with Crippen molar-refractivity contribution in [2.75, 3.05) is 19.9 Å². The summed E-state index contributed by atoms with van der Waals surface area (Å²) in [6.07, 6.45) is 2.32. The molecule has 126 valence electrons. The Hall–Kier alpha value is -2.49. The van der Waals surface area contributed by atoms with E-state index in [-0.39, 0.29) is 38.1 Å². The summed E-state index contributed by atoms with van der Waals surface area (Å²) >= 11 is 0. The molecular formula is C13H19N5O5. The lowest BCUT2D eigenvalue weighted by molar-refractivity contribution is -0.154. The lowest BCUT2D eigenvalue weighted by atomic mass is 10.2. The molecule has 0 amide bonds. The molecule has 0 bridgehead atoms. The first-order valence-electron chi connectivity index (χ1n) is 7.00. The molecule has 10 nitrogen and oxygen atoms in total. The maximum Gasteiger partial charge on any atom is 0.302 e. The number of ether oxygens (including phenoxy) is 3. The van der Waals surface area contributed by atoms with Crippen LogP contribution in [-0.2, 0) is 23.8 Å². The average Bonchev–Trinajstić information content (AvgIpc) is 2.88. The van der Waals surface area contributed by atoms with E-state index in [1.165, 1.54) is 13.8 Å². The van der Waals surface area contributed by atoms with Gasteiger partial charge in [0.2, 0.25) is 5.96 Å². The van der Waals surface area contributed by atoms with Crippen molar-refractivity contribution in [2.24, 2.45) is 20.7 Å². The van der Waals surface area contributed by atoms with Crippen LogP contribution in [0.1, 0.15) is 13.8 Å². The molecule has 0 aromatic carbocycles. The number of esters is 2. The van der Waals surface area contributed by atoms with Crippen molar-refractivity contribution >= 4 is 30.5 Å². The van der Waals surface area contributed by atoms with Crippen molar-refractivity contribution < 1.29 is 23.8 Å². The Kier molecular flexibility index (Phi) is 5.63. The van der Waals surface area contributed by atoms with Crippen LogP contribution in [0.4, 0.5) is 0 Å². The van der Waals surface area contributed by atoms with Gasteiger partial charge >= 0.3 is 11.9 Å². The number of nitrogens with two attached hydrogens (primary N) is 1.